The van der Waals surface area contributed by atoms with Crippen LogP contribution in [0.2, 0.25) is 0 Å². The maximum atomic E-state index is 13.0. The summed E-state index contributed by atoms with van der Waals surface area (Å²) in [5.74, 6) is 0. The van der Waals surface area contributed by atoms with Crippen LogP contribution in [-0.4, -0.2) is 6.18 Å². The highest BCUT2D eigenvalue weighted by Crippen LogP contribution is 2.55. The van der Waals surface area contributed by atoms with E-state index in [1.165, 1.54) is 17.5 Å². The number of hydrogen-bond donors (Lipinski definition) is 0. The lowest BCUT2D eigenvalue weighted by atomic mass is 9.94. The van der Waals surface area contributed by atoms with Gasteiger partial charge in [-0.2, -0.15) is 13.2 Å². The van der Waals surface area contributed by atoms with Crippen molar-refractivity contribution in [1.82, 2.24) is 0 Å². The fraction of sp³-hybridized carbons (Fsp3) is 0.273. The summed E-state index contributed by atoms with van der Waals surface area (Å²) < 4.78 is 37.4. The van der Waals surface area contributed by atoms with E-state index in [1.807, 2.05) is 0 Å². The Balaban J connectivity index is 2.45. The van der Waals surface area contributed by atoms with Crippen molar-refractivity contribution in [3.8, 4) is 0 Å². The van der Waals surface area contributed by atoms with E-state index in [9.17, 15) is 13.2 Å². The Kier molecular flexibility index (Phi) is 2.54. The zero-order valence-corrected chi connectivity index (χ0v) is 8.61. The van der Waals surface area contributed by atoms with Crippen LogP contribution >= 0.6 is 11.8 Å². The molecule has 0 N–H and O–H groups in total. The minimum Gasteiger partial charge on any atom is -0.169 e. The Bertz CT molecular complexity index is 359. The summed E-state index contributed by atoms with van der Waals surface area (Å²) in [6, 6.07) is 8.07. The van der Waals surface area contributed by atoms with Crippen LogP contribution in [0.1, 0.15) is 12.0 Å². The Morgan fingerprint density at radius 2 is 1.80 bits per heavy atom. The van der Waals surface area contributed by atoms with E-state index in [4.69, 9.17) is 0 Å². The molecular weight excluding hydrogens is 221 g/mol. The maximum absolute atomic E-state index is 13.0. The molecule has 0 fully saturated rings. The molecule has 0 spiro atoms. The minimum atomic E-state index is -4.22. The van der Waals surface area contributed by atoms with Crippen LogP contribution in [0.25, 0.3) is 0 Å². The summed E-state index contributed by atoms with van der Waals surface area (Å²) in [4.78, 5) is 0. The third-order valence-electron chi connectivity index (χ3n) is 2.47. The van der Waals surface area contributed by atoms with Crippen LogP contribution in [0.15, 0.2) is 41.8 Å². The van der Waals surface area contributed by atoms with Gasteiger partial charge in [-0.25, -0.2) is 0 Å². The van der Waals surface area contributed by atoms with Crippen molar-refractivity contribution in [3.05, 3.63) is 47.4 Å². The number of rotatable bonds is 1. The van der Waals surface area contributed by atoms with Gasteiger partial charge in [-0.1, -0.05) is 36.4 Å². The van der Waals surface area contributed by atoms with Gasteiger partial charge in [0.25, 0.3) is 0 Å². The lowest BCUT2D eigenvalue weighted by Gasteiger charge is -2.31. The van der Waals surface area contributed by atoms with Crippen LogP contribution in [0, 0.1) is 0 Å². The molecule has 4 heteroatoms. The second-order valence-electron chi connectivity index (χ2n) is 3.38. The van der Waals surface area contributed by atoms with Gasteiger partial charge in [0, 0.05) is 0 Å². The van der Waals surface area contributed by atoms with Crippen LogP contribution in [0.5, 0.6) is 0 Å². The Hall–Kier alpha value is -0.900. The van der Waals surface area contributed by atoms with Crippen LogP contribution in [-0.2, 0) is 4.75 Å². The molecule has 0 aromatic heterocycles. The first-order valence-corrected chi connectivity index (χ1v) is 5.39. The number of hydrogen-bond acceptors (Lipinski definition) is 1. The van der Waals surface area contributed by atoms with Gasteiger partial charge in [-0.15, -0.1) is 11.8 Å². The average molecular weight is 230 g/mol. The van der Waals surface area contributed by atoms with Gasteiger partial charge >= 0.3 is 6.18 Å². The molecule has 1 atom stereocenters. The fourth-order valence-corrected chi connectivity index (χ4v) is 2.69. The third kappa shape index (κ3) is 1.67. The van der Waals surface area contributed by atoms with Crippen molar-refractivity contribution in [2.24, 2.45) is 0 Å². The smallest absolute Gasteiger partial charge is 0.169 e. The van der Waals surface area contributed by atoms with E-state index >= 15 is 0 Å². The van der Waals surface area contributed by atoms with Crippen molar-refractivity contribution in [1.29, 1.82) is 0 Å². The Morgan fingerprint density at radius 3 is 2.27 bits per heavy atom. The van der Waals surface area contributed by atoms with Crippen molar-refractivity contribution in [2.75, 3.05) is 0 Å². The topological polar surface area (TPSA) is 0 Å². The number of halogens is 3. The van der Waals surface area contributed by atoms with Gasteiger partial charge < -0.3 is 0 Å². The molecule has 1 unspecified atom stereocenters. The second kappa shape index (κ2) is 3.59. The number of allylic oxidation sites excluding steroid dienone is 1. The summed E-state index contributed by atoms with van der Waals surface area (Å²) in [6.45, 7) is 0. The fourth-order valence-electron chi connectivity index (χ4n) is 1.67. The molecule has 0 nitrogen and oxygen atoms in total. The lowest BCUT2D eigenvalue weighted by Crippen LogP contribution is -2.37. The monoisotopic (exact) mass is 230 g/mol. The molecule has 0 bridgehead atoms. The van der Waals surface area contributed by atoms with E-state index in [2.05, 4.69) is 0 Å². The molecule has 1 aliphatic rings. The summed E-state index contributed by atoms with van der Waals surface area (Å²) in [5.41, 5.74) is 0.326. The second-order valence-corrected chi connectivity index (χ2v) is 4.59. The number of thioether (sulfide) groups is 1. The molecule has 1 aromatic carbocycles. The minimum absolute atomic E-state index is 0.0190. The SMILES string of the molecule is FC(F)(F)C1(c2ccccc2)CC=CS1. The van der Waals surface area contributed by atoms with E-state index in [1.54, 1.807) is 24.3 Å². The molecule has 0 saturated carbocycles. The molecule has 80 valence electrons. The Labute approximate surface area is 90.2 Å². The summed E-state index contributed by atoms with van der Waals surface area (Å²) in [6.07, 6.45) is -2.63. The standard InChI is InChI=1S/C11H9F3S/c12-11(13,14)10(7-4-8-15-10)9-5-2-1-3-6-9/h1-6,8H,7H2. The Morgan fingerprint density at radius 1 is 1.13 bits per heavy atom. The molecule has 0 radical (unpaired) electrons. The van der Waals surface area contributed by atoms with Crippen molar-refractivity contribution in [3.63, 3.8) is 0 Å². The highest BCUT2D eigenvalue weighted by atomic mass is 32.2. The molecule has 0 aliphatic carbocycles. The number of benzene rings is 1. The zero-order chi connectivity index (χ0) is 10.9. The third-order valence-corrected chi connectivity index (χ3v) is 3.83. The molecule has 15 heavy (non-hydrogen) atoms. The molecule has 0 saturated heterocycles. The molecule has 0 amide bonds. The molecular formula is C11H9F3S. The van der Waals surface area contributed by atoms with Gasteiger partial charge in [0.2, 0.25) is 0 Å². The summed E-state index contributed by atoms with van der Waals surface area (Å²) >= 11 is 0.844. The molecule has 1 heterocycles. The first-order chi connectivity index (χ1) is 7.06. The van der Waals surface area contributed by atoms with Gasteiger partial charge in [-0.05, 0) is 17.4 Å². The maximum Gasteiger partial charge on any atom is 0.407 e. The van der Waals surface area contributed by atoms with Gasteiger partial charge in [-0.3, -0.25) is 0 Å². The first-order valence-electron chi connectivity index (χ1n) is 4.51. The van der Waals surface area contributed by atoms with Gasteiger partial charge in [0.05, 0.1) is 0 Å². The van der Waals surface area contributed by atoms with Crippen LogP contribution in [0.4, 0.5) is 13.2 Å². The van der Waals surface area contributed by atoms with E-state index in [-0.39, 0.29) is 6.42 Å². The van der Waals surface area contributed by atoms with E-state index in [0.29, 0.717) is 5.56 Å². The van der Waals surface area contributed by atoms with Crippen molar-refractivity contribution in [2.45, 2.75) is 17.3 Å². The van der Waals surface area contributed by atoms with E-state index < -0.39 is 10.9 Å². The average Bonchev–Trinajstić information content (AvgIpc) is 2.68. The predicted molar refractivity (Wildman–Crippen MR) is 55.5 cm³/mol. The summed E-state index contributed by atoms with van der Waals surface area (Å²) in [7, 11) is 0. The molecule has 2 rings (SSSR count). The van der Waals surface area contributed by atoms with Crippen molar-refractivity contribution < 1.29 is 13.2 Å². The normalized spacial score (nSPS) is 25.8. The van der Waals surface area contributed by atoms with Crippen LogP contribution < -0.4 is 0 Å². The lowest BCUT2D eigenvalue weighted by molar-refractivity contribution is -0.160. The predicted octanol–water partition coefficient (Wildman–Crippen LogP) is 4.09. The van der Waals surface area contributed by atoms with Gasteiger partial charge in [0.1, 0.15) is 4.75 Å². The van der Waals surface area contributed by atoms with Crippen molar-refractivity contribution >= 4 is 11.8 Å². The first kappa shape index (κ1) is 10.6. The molecule has 1 aliphatic heterocycles. The summed E-state index contributed by atoms with van der Waals surface area (Å²) in [5, 5.41) is 1.53. The largest absolute Gasteiger partial charge is 0.407 e. The highest BCUT2D eigenvalue weighted by molar-refractivity contribution is 8.03. The van der Waals surface area contributed by atoms with Gasteiger partial charge in [0.15, 0.2) is 0 Å². The van der Waals surface area contributed by atoms with Crippen LogP contribution in [0.3, 0.4) is 0 Å². The van der Waals surface area contributed by atoms with E-state index in [0.717, 1.165) is 11.8 Å². The highest BCUT2D eigenvalue weighted by Gasteiger charge is 2.56. The quantitative estimate of drug-likeness (QED) is 0.700. The molecule has 1 aromatic rings. The zero-order valence-electron chi connectivity index (χ0n) is 7.79. The number of alkyl halides is 3.